The molecular formula is C14H14N2O4S. The molecule has 0 aliphatic carbocycles. The van der Waals surface area contributed by atoms with Crippen LogP contribution in [0.2, 0.25) is 0 Å². The van der Waals surface area contributed by atoms with Gasteiger partial charge < -0.3 is 15.0 Å². The van der Waals surface area contributed by atoms with Crippen LogP contribution in [0.1, 0.15) is 15.2 Å². The van der Waals surface area contributed by atoms with Crippen molar-refractivity contribution in [2.24, 2.45) is 0 Å². The standard InChI is InChI=1S/C14H14N2O4S/c17-12(15-7-5-10-3-2-8-21-10)9-20-14(19)11-4-1-6-16-13(11)18/h1-4,6,8H,5,7,9H2,(H,15,17)(H,16,18). The number of carbonyl (C=O) groups excluding carboxylic acids is 2. The molecule has 0 atom stereocenters. The van der Waals surface area contributed by atoms with Crippen LogP contribution in [0.25, 0.3) is 0 Å². The van der Waals surface area contributed by atoms with Crippen molar-refractivity contribution in [3.05, 3.63) is 56.6 Å². The van der Waals surface area contributed by atoms with Gasteiger partial charge in [0.15, 0.2) is 6.61 Å². The Labute approximate surface area is 124 Å². The summed E-state index contributed by atoms with van der Waals surface area (Å²) in [6, 6.07) is 6.79. The first kappa shape index (κ1) is 15.0. The zero-order valence-corrected chi connectivity index (χ0v) is 11.9. The molecule has 0 radical (unpaired) electrons. The van der Waals surface area contributed by atoms with Crippen molar-refractivity contribution in [2.45, 2.75) is 6.42 Å². The van der Waals surface area contributed by atoms with E-state index >= 15 is 0 Å². The molecule has 0 spiro atoms. The quantitative estimate of drug-likeness (QED) is 0.778. The highest BCUT2D eigenvalue weighted by atomic mass is 32.1. The van der Waals surface area contributed by atoms with Gasteiger partial charge in [-0.2, -0.15) is 0 Å². The van der Waals surface area contributed by atoms with E-state index in [9.17, 15) is 14.4 Å². The van der Waals surface area contributed by atoms with E-state index in [0.29, 0.717) is 6.54 Å². The summed E-state index contributed by atoms with van der Waals surface area (Å²) in [5, 5.41) is 4.62. The first-order valence-electron chi connectivity index (χ1n) is 6.31. The SMILES string of the molecule is O=C(COC(=O)c1ccc[nH]c1=O)NCCc1cccs1. The van der Waals surface area contributed by atoms with Crippen LogP contribution in [0.3, 0.4) is 0 Å². The number of rotatable bonds is 6. The Hall–Kier alpha value is -2.41. The molecule has 0 saturated carbocycles. The number of hydrogen-bond donors (Lipinski definition) is 2. The number of pyridine rings is 1. The van der Waals surface area contributed by atoms with Gasteiger partial charge in [0.25, 0.3) is 11.5 Å². The smallest absolute Gasteiger partial charge is 0.344 e. The van der Waals surface area contributed by atoms with Crippen LogP contribution in [0.4, 0.5) is 0 Å². The Morgan fingerprint density at radius 2 is 2.14 bits per heavy atom. The number of nitrogens with one attached hydrogen (secondary N) is 2. The molecule has 1 amide bonds. The highest BCUT2D eigenvalue weighted by Gasteiger charge is 2.13. The topological polar surface area (TPSA) is 88.3 Å². The molecule has 0 bridgehead atoms. The number of aromatic nitrogens is 1. The molecule has 0 aliphatic heterocycles. The van der Waals surface area contributed by atoms with E-state index in [2.05, 4.69) is 10.3 Å². The summed E-state index contributed by atoms with van der Waals surface area (Å²) in [6.45, 7) is 0.0699. The molecule has 2 N–H and O–H groups in total. The van der Waals surface area contributed by atoms with E-state index in [4.69, 9.17) is 4.74 Å². The third-order valence-electron chi connectivity index (χ3n) is 2.65. The van der Waals surface area contributed by atoms with Crippen LogP contribution in [-0.2, 0) is 16.0 Å². The molecule has 2 heterocycles. The van der Waals surface area contributed by atoms with Crippen molar-refractivity contribution >= 4 is 23.2 Å². The summed E-state index contributed by atoms with van der Waals surface area (Å²) in [6.07, 6.45) is 2.14. The maximum Gasteiger partial charge on any atom is 0.344 e. The van der Waals surface area contributed by atoms with Crippen LogP contribution in [0.5, 0.6) is 0 Å². The number of esters is 1. The summed E-state index contributed by atoms with van der Waals surface area (Å²) >= 11 is 1.62. The van der Waals surface area contributed by atoms with E-state index in [1.54, 1.807) is 11.3 Å². The molecule has 21 heavy (non-hydrogen) atoms. The third-order valence-corrected chi connectivity index (χ3v) is 3.58. The highest BCUT2D eigenvalue weighted by Crippen LogP contribution is 2.07. The molecule has 2 aromatic rings. The average Bonchev–Trinajstić information content (AvgIpc) is 2.98. The van der Waals surface area contributed by atoms with Crippen LogP contribution < -0.4 is 10.9 Å². The summed E-state index contributed by atoms with van der Waals surface area (Å²) in [5.74, 6) is -1.21. The first-order valence-corrected chi connectivity index (χ1v) is 7.18. The van der Waals surface area contributed by atoms with Gasteiger partial charge in [-0.1, -0.05) is 6.07 Å². The maximum absolute atomic E-state index is 11.6. The lowest BCUT2D eigenvalue weighted by Gasteiger charge is -2.05. The molecule has 6 nitrogen and oxygen atoms in total. The lowest BCUT2D eigenvalue weighted by molar-refractivity contribution is -0.124. The summed E-state index contributed by atoms with van der Waals surface area (Å²) in [7, 11) is 0. The van der Waals surface area contributed by atoms with Gasteiger partial charge in [-0.25, -0.2) is 4.79 Å². The molecular weight excluding hydrogens is 292 g/mol. The van der Waals surface area contributed by atoms with Gasteiger partial charge in [0.05, 0.1) is 0 Å². The average molecular weight is 306 g/mol. The number of thiophene rings is 1. The second-order valence-corrected chi connectivity index (χ2v) is 5.20. The first-order chi connectivity index (χ1) is 10.2. The summed E-state index contributed by atoms with van der Waals surface area (Å²) in [5.41, 5.74) is -0.663. The van der Waals surface area contributed by atoms with Gasteiger partial charge in [0.2, 0.25) is 0 Å². The molecule has 0 saturated heterocycles. The Morgan fingerprint density at radius 1 is 1.29 bits per heavy atom. The molecule has 0 aromatic carbocycles. The van der Waals surface area contributed by atoms with Gasteiger partial charge in [0.1, 0.15) is 5.56 Å². The number of aromatic amines is 1. The largest absolute Gasteiger partial charge is 0.452 e. The normalized spacial score (nSPS) is 10.1. The minimum absolute atomic E-state index is 0.121. The van der Waals surface area contributed by atoms with Gasteiger partial charge in [0, 0.05) is 17.6 Å². The molecule has 7 heteroatoms. The zero-order valence-electron chi connectivity index (χ0n) is 11.1. The fourth-order valence-electron chi connectivity index (χ4n) is 1.62. The van der Waals surface area contributed by atoms with Crippen molar-refractivity contribution in [1.29, 1.82) is 0 Å². The van der Waals surface area contributed by atoms with Crippen LogP contribution in [0, 0.1) is 0 Å². The van der Waals surface area contributed by atoms with Crippen LogP contribution in [-0.4, -0.2) is 30.0 Å². The van der Waals surface area contributed by atoms with Crippen LogP contribution in [0.15, 0.2) is 40.6 Å². The zero-order chi connectivity index (χ0) is 15.1. The summed E-state index contributed by atoms with van der Waals surface area (Å²) in [4.78, 5) is 38.0. The van der Waals surface area contributed by atoms with Crippen molar-refractivity contribution in [2.75, 3.05) is 13.2 Å². The predicted octanol–water partition coefficient (Wildman–Crippen LogP) is 0.952. The maximum atomic E-state index is 11.6. The molecule has 0 aliphatic rings. The minimum atomic E-state index is -0.815. The molecule has 0 fully saturated rings. The monoisotopic (exact) mass is 306 g/mol. The Bertz CT molecular complexity index is 664. The van der Waals surface area contributed by atoms with Crippen molar-refractivity contribution in [3.8, 4) is 0 Å². The number of H-pyrrole nitrogens is 1. The second-order valence-electron chi connectivity index (χ2n) is 4.17. The van der Waals surface area contributed by atoms with E-state index in [1.807, 2.05) is 17.5 Å². The fraction of sp³-hybridized carbons (Fsp3) is 0.214. The van der Waals surface area contributed by atoms with Crippen molar-refractivity contribution < 1.29 is 14.3 Å². The van der Waals surface area contributed by atoms with Crippen molar-refractivity contribution in [3.63, 3.8) is 0 Å². The number of carbonyl (C=O) groups is 2. The molecule has 2 rings (SSSR count). The Balaban J connectivity index is 1.72. The van der Waals surface area contributed by atoms with E-state index in [0.717, 1.165) is 6.42 Å². The van der Waals surface area contributed by atoms with Crippen LogP contribution >= 0.6 is 11.3 Å². The number of amides is 1. The Kier molecular flexibility index (Phi) is 5.28. The third kappa shape index (κ3) is 4.57. The lowest BCUT2D eigenvalue weighted by atomic mass is 10.3. The number of ether oxygens (including phenoxy) is 1. The fourth-order valence-corrected chi connectivity index (χ4v) is 2.33. The highest BCUT2D eigenvalue weighted by molar-refractivity contribution is 7.09. The number of hydrogen-bond acceptors (Lipinski definition) is 5. The summed E-state index contributed by atoms with van der Waals surface area (Å²) < 4.78 is 4.79. The molecule has 0 unspecified atom stereocenters. The van der Waals surface area contributed by atoms with E-state index in [-0.39, 0.29) is 5.56 Å². The van der Waals surface area contributed by atoms with Gasteiger partial charge in [-0.3, -0.25) is 9.59 Å². The lowest BCUT2D eigenvalue weighted by Crippen LogP contribution is -2.31. The van der Waals surface area contributed by atoms with Gasteiger partial charge in [-0.15, -0.1) is 11.3 Å². The van der Waals surface area contributed by atoms with Gasteiger partial charge >= 0.3 is 5.97 Å². The molecule has 2 aromatic heterocycles. The van der Waals surface area contributed by atoms with E-state index < -0.39 is 24.0 Å². The van der Waals surface area contributed by atoms with E-state index in [1.165, 1.54) is 23.2 Å². The Morgan fingerprint density at radius 3 is 2.86 bits per heavy atom. The second kappa shape index (κ2) is 7.39. The molecule has 110 valence electrons. The van der Waals surface area contributed by atoms with Gasteiger partial charge in [-0.05, 0) is 30.0 Å². The predicted molar refractivity (Wildman–Crippen MR) is 78.4 cm³/mol. The van der Waals surface area contributed by atoms with Crippen molar-refractivity contribution in [1.82, 2.24) is 10.3 Å². The minimum Gasteiger partial charge on any atom is -0.452 e.